The quantitative estimate of drug-likeness (QED) is 0.655. The molecule has 2 rings (SSSR count). The van der Waals surface area contributed by atoms with Gasteiger partial charge >= 0.3 is 0 Å². The molecular weight excluding hydrogens is 258 g/mol. The number of amides is 1. The van der Waals surface area contributed by atoms with Crippen LogP contribution in [0.4, 0.5) is 11.4 Å². The Morgan fingerprint density at radius 3 is 2.75 bits per heavy atom. The first-order valence-corrected chi connectivity index (χ1v) is 6.76. The number of carbonyl (C=O) groups excluding carboxylic acids is 1. The van der Waals surface area contributed by atoms with E-state index < -0.39 is 4.92 Å². The van der Waals surface area contributed by atoms with E-state index >= 15 is 0 Å². The summed E-state index contributed by atoms with van der Waals surface area (Å²) in [7, 11) is 0. The lowest BCUT2D eigenvalue weighted by Gasteiger charge is -2.22. The number of nitrogens with zero attached hydrogens (tertiary/aromatic N) is 1. The molecule has 1 saturated heterocycles. The molecule has 0 radical (unpaired) electrons. The molecule has 6 heteroatoms. The van der Waals surface area contributed by atoms with Crippen molar-refractivity contribution in [1.29, 1.82) is 0 Å². The highest BCUT2D eigenvalue weighted by molar-refractivity contribution is 5.93. The van der Waals surface area contributed by atoms with Gasteiger partial charge in [0.15, 0.2) is 0 Å². The van der Waals surface area contributed by atoms with E-state index in [9.17, 15) is 14.9 Å². The van der Waals surface area contributed by atoms with Crippen LogP contribution in [0.2, 0.25) is 0 Å². The van der Waals surface area contributed by atoms with Gasteiger partial charge in [0.05, 0.1) is 10.8 Å². The Kier molecular flexibility index (Phi) is 4.34. The molecule has 20 heavy (non-hydrogen) atoms. The molecule has 1 heterocycles. The van der Waals surface area contributed by atoms with E-state index in [0.717, 1.165) is 19.4 Å². The summed E-state index contributed by atoms with van der Waals surface area (Å²) >= 11 is 0. The standard InChI is InChI=1S/C14H19N3O3/c1-9-7-13(17(19)20)10(2)6-12(9)16-14(18)11-4-3-5-15-8-11/h6-7,11,15H,3-5,8H2,1-2H3,(H,16,18). The number of carbonyl (C=O) groups is 1. The summed E-state index contributed by atoms with van der Waals surface area (Å²) in [5.41, 5.74) is 2.00. The van der Waals surface area contributed by atoms with E-state index in [1.807, 2.05) is 0 Å². The summed E-state index contributed by atoms with van der Waals surface area (Å²) in [6.45, 7) is 5.09. The van der Waals surface area contributed by atoms with Gasteiger partial charge in [-0.1, -0.05) is 0 Å². The van der Waals surface area contributed by atoms with Crippen LogP contribution in [0.25, 0.3) is 0 Å². The van der Waals surface area contributed by atoms with Crippen molar-refractivity contribution < 1.29 is 9.72 Å². The van der Waals surface area contributed by atoms with Crippen molar-refractivity contribution in [2.75, 3.05) is 18.4 Å². The first-order valence-electron chi connectivity index (χ1n) is 6.76. The summed E-state index contributed by atoms with van der Waals surface area (Å²) in [5.74, 6) is -0.0489. The first kappa shape index (κ1) is 14.5. The van der Waals surface area contributed by atoms with E-state index in [1.54, 1.807) is 19.9 Å². The third-order valence-electron chi connectivity index (χ3n) is 3.67. The molecule has 108 valence electrons. The van der Waals surface area contributed by atoms with Crippen LogP contribution in [-0.4, -0.2) is 23.9 Å². The van der Waals surface area contributed by atoms with Crippen LogP contribution < -0.4 is 10.6 Å². The van der Waals surface area contributed by atoms with Gasteiger partial charge in [-0.3, -0.25) is 14.9 Å². The molecule has 0 bridgehead atoms. The van der Waals surface area contributed by atoms with Gasteiger partial charge in [0, 0.05) is 23.9 Å². The van der Waals surface area contributed by atoms with Gasteiger partial charge in [-0.25, -0.2) is 0 Å². The normalized spacial score (nSPS) is 18.6. The second-order valence-electron chi connectivity index (χ2n) is 5.24. The van der Waals surface area contributed by atoms with Crippen molar-refractivity contribution in [3.05, 3.63) is 33.4 Å². The summed E-state index contributed by atoms with van der Waals surface area (Å²) in [4.78, 5) is 22.6. The lowest BCUT2D eigenvalue weighted by molar-refractivity contribution is -0.385. The van der Waals surface area contributed by atoms with Crippen molar-refractivity contribution in [2.45, 2.75) is 26.7 Å². The molecule has 1 aromatic rings. The summed E-state index contributed by atoms with van der Waals surface area (Å²) in [6.07, 6.45) is 1.88. The monoisotopic (exact) mass is 277 g/mol. The zero-order valence-electron chi connectivity index (χ0n) is 11.7. The molecule has 1 aliphatic rings. The van der Waals surface area contributed by atoms with Gasteiger partial charge in [-0.05, 0) is 44.9 Å². The highest BCUT2D eigenvalue weighted by Gasteiger charge is 2.22. The largest absolute Gasteiger partial charge is 0.326 e. The van der Waals surface area contributed by atoms with Crippen molar-refractivity contribution in [2.24, 2.45) is 5.92 Å². The van der Waals surface area contributed by atoms with E-state index in [2.05, 4.69) is 10.6 Å². The summed E-state index contributed by atoms with van der Waals surface area (Å²) < 4.78 is 0. The lowest BCUT2D eigenvalue weighted by Crippen LogP contribution is -2.37. The first-order chi connectivity index (χ1) is 9.49. The number of hydrogen-bond donors (Lipinski definition) is 2. The number of rotatable bonds is 3. The lowest BCUT2D eigenvalue weighted by atomic mass is 9.98. The number of aryl methyl sites for hydroxylation is 2. The molecule has 1 aliphatic heterocycles. The van der Waals surface area contributed by atoms with Crippen LogP contribution in [0.3, 0.4) is 0 Å². The summed E-state index contributed by atoms with van der Waals surface area (Å²) in [5, 5.41) is 17.0. The van der Waals surface area contributed by atoms with Gasteiger partial charge in [-0.2, -0.15) is 0 Å². The summed E-state index contributed by atoms with van der Waals surface area (Å²) in [6, 6.07) is 3.17. The highest BCUT2D eigenvalue weighted by Crippen LogP contribution is 2.26. The fourth-order valence-corrected chi connectivity index (χ4v) is 2.44. The maximum absolute atomic E-state index is 12.2. The number of nitro groups is 1. The Hall–Kier alpha value is -1.95. The predicted molar refractivity (Wildman–Crippen MR) is 76.8 cm³/mol. The maximum atomic E-state index is 12.2. The minimum atomic E-state index is -0.404. The fourth-order valence-electron chi connectivity index (χ4n) is 2.44. The molecule has 1 fully saturated rings. The molecule has 1 amide bonds. The third kappa shape index (κ3) is 3.14. The Labute approximate surface area is 117 Å². The van der Waals surface area contributed by atoms with E-state index in [4.69, 9.17) is 0 Å². The zero-order chi connectivity index (χ0) is 14.7. The molecule has 2 N–H and O–H groups in total. The number of anilines is 1. The van der Waals surface area contributed by atoms with E-state index in [0.29, 0.717) is 23.4 Å². The smallest absolute Gasteiger partial charge is 0.272 e. The molecule has 0 saturated carbocycles. The van der Waals surface area contributed by atoms with Crippen LogP contribution >= 0.6 is 0 Å². The second kappa shape index (κ2) is 6.00. The molecule has 6 nitrogen and oxygen atoms in total. The molecular formula is C14H19N3O3. The van der Waals surface area contributed by atoms with E-state index in [-0.39, 0.29) is 17.5 Å². The van der Waals surface area contributed by atoms with Crippen LogP contribution in [0.1, 0.15) is 24.0 Å². The fraction of sp³-hybridized carbons (Fsp3) is 0.500. The average Bonchev–Trinajstić information content (AvgIpc) is 2.43. The number of piperidine rings is 1. The maximum Gasteiger partial charge on any atom is 0.272 e. The van der Waals surface area contributed by atoms with Gasteiger partial charge in [0.25, 0.3) is 5.69 Å². The Morgan fingerprint density at radius 1 is 1.40 bits per heavy atom. The van der Waals surface area contributed by atoms with Crippen LogP contribution in [0.5, 0.6) is 0 Å². The molecule has 0 aromatic heterocycles. The molecule has 0 spiro atoms. The Morgan fingerprint density at radius 2 is 2.15 bits per heavy atom. The topological polar surface area (TPSA) is 84.3 Å². The van der Waals surface area contributed by atoms with Crippen molar-refractivity contribution in [3.63, 3.8) is 0 Å². The SMILES string of the molecule is Cc1cc([N+](=O)[O-])c(C)cc1NC(=O)C1CCCNC1. The minimum Gasteiger partial charge on any atom is -0.326 e. The van der Waals surface area contributed by atoms with E-state index in [1.165, 1.54) is 6.07 Å². The van der Waals surface area contributed by atoms with Gasteiger partial charge < -0.3 is 10.6 Å². The minimum absolute atomic E-state index is 0.0199. The van der Waals surface area contributed by atoms with Crippen molar-refractivity contribution in [1.82, 2.24) is 5.32 Å². The molecule has 0 aliphatic carbocycles. The van der Waals surface area contributed by atoms with Crippen molar-refractivity contribution in [3.8, 4) is 0 Å². The van der Waals surface area contributed by atoms with Crippen molar-refractivity contribution >= 4 is 17.3 Å². The zero-order valence-corrected chi connectivity index (χ0v) is 11.7. The van der Waals surface area contributed by atoms with Gasteiger partial charge in [-0.15, -0.1) is 0 Å². The molecule has 1 unspecified atom stereocenters. The van der Waals surface area contributed by atoms with Gasteiger partial charge in [0.2, 0.25) is 5.91 Å². The molecule has 1 aromatic carbocycles. The average molecular weight is 277 g/mol. The Bertz CT molecular complexity index is 537. The molecule has 1 atom stereocenters. The number of nitro benzene ring substituents is 1. The third-order valence-corrected chi connectivity index (χ3v) is 3.67. The van der Waals surface area contributed by atoms with Crippen LogP contribution in [0.15, 0.2) is 12.1 Å². The second-order valence-corrected chi connectivity index (χ2v) is 5.24. The predicted octanol–water partition coefficient (Wildman–Crippen LogP) is 2.15. The number of hydrogen-bond acceptors (Lipinski definition) is 4. The van der Waals surface area contributed by atoms with Crippen LogP contribution in [-0.2, 0) is 4.79 Å². The van der Waals surface area contributed by atoms with Crippen LogP contribution in [0, 0.1) is 29.9 Å². The highest BCUT2D eigenvalue weighted by atomic mass is 16.6. The Balaban J connectivity index is 2.15. The van der Waals surface area contributed by atoms with Gasteiger partial charge in [0.1, 0.15) is 0 Å². The number of nitrogens with one attached hydrogen (secondary N) is 2. The number of benzene rings is 1.